The summed E-state index contributed by atoms with van der Waals surface area (Å²) >= 11 is 7.37. The fourth-order valence-electron chi connectivity index (χ4n) is 3.21. The molecule has 0 atom stereocenters. The summed E-state index contributed by atoms with van der Waals surface area (Å²) in [5.41, 5.74) is 1.43. The third-order valence-corrected chi connectivity index (χ3v) is 6.28. The van der Waals surface area contributed by atoms with Gasteiger partial charge in [0, 0.05) is 6.54 Å². The SMILES string of the molecule is CCn1c(COc2cc(C)ccc2Cl)nnc1SCC(=O)Nc1cc(C(=O)OC)ccc1C(=O)OC. The molecule has 12 heteroatoms. The molecule has 10 nitrogen and oxygen atoms in total. The summed E-state index contributed by atoms with van der Waals surface area (Å²) in [5.74, 6) is -0.566. The van der Waals surface area contributed by atoms with E-state index in [1.54, 1.807) is 6.07 Å². The first kappa shape index (κ1) is 27.0. The number of nitrogens with one attached hydrogen (secondary N) is 1. The number of rotatable bonds is 10. The standard InChI is InChI=1S/C24H25ClN4O6S/c1-5-29-20(12-35-19-10-14(2)6-9-17(19)25)27-28-24(29)36-13-21(30)26-18-11-15(22(31)33-3)7-8-16(18)23(32)34-4/h6-11H,5,12-13H2,1-4H3,(H,26,30). The summed E-state index contributed by atoms with van der Waals surface area (Å²) in [6, 6.07) is 9.67. The third-order valence-electron chi connectivity index (χ3n) is 5.01. The average Bonchev–Trinajstić information content (AvgIpc) is 3.28. The Morgan fingerprint density at radius 2 is 1.81 bits per heavy atom. The highest BCUT2D eigenvalue weighted by atomic mass is 35.5. The number of methoxy groups -OCH3 is 2. The van der Waals surface area contributed by atoms with Gasteiger partial charge in [-0.3, -0.25) is 4.79 Å². The Labute approximate surface area is 217 Å². The van der Waals surface area contributed by atoms with Crippen molar-refractivity contribution >= 4 is 46.9 Å². The molecule has 3 rings (SSSR count). The molecule has 0 aliphatic rings. The maximum Gasteiger partial charge on any atom is 0.339 e. The Morgan fingerprint density at radius 3 is 2.50 bits per heavy atom. The second kappa shape index (κ2) is 12.4. The predicted molar refractivity (Wildman–Crippen MR) is 135 cm³/mol. The molecule has 1 N–H and O–H groups in total. The van der Waals surface area contributed by atoms with Crippen LogP contribution in [-0.2, 0) is 27.4 Å². The van der Waals surface area contributed by atoms with Gasteiger partial charge in [0.1, 0.15) is 12.4 Å². The number of aryl methyl sites for hydroxylation is 1. The van der Waals surface area contributed by atoms with Crippen molar-refractivity contribution in [3.05, 3.63) is 63.9 Å². The number of thioether (sulfide) groups is 1. The Kier molecular flexibility index (Phi) is 9.31. The van der Waals surface area contributed by atoms with Gasteiger partial charge in [-0.2, -0.15) is 0 Å². The number of anilines is 1. The van der Waals surface area contributed by atoms with Crippen LogP contribution in [0.2, 0.25) is 5.02 Å². The fourth-order valence-corrected chi connectivity index (χ4v) is 4.20. The van der Waals surface area contributed by atoms with Crippen molar-refractivity contribution in [2.75, 3.05) is 25.3 Å². The topological polar surface area (TPSA) is 122 Å². The molecule has 2 aromatic carbocycles. The molecule has 190 valence electrons. The average molecular weight is 533 g/mol. The number of carbonyl (C=O) groups excluding carboxylic acids is 3. The highest BCUT2D eigenvalue weighted by Crippen LogP contribution is 2.27. The number of hydrogen-bond donors (Lipinski definition) is 1. The zero-order valence-corrected chi connectivity index (χ0v) is 21.7. The lowest BCUT2D eigenvalue weighted by Crippen LogP contribution is -2.18. The maximum atomic E-state index is 12.7. The number of esters is 2. The lowest BCUT2D eigenvalue weighted by atomic mass is 10.1. The van der Waals surface area contributed by atoms with Gasteiger partial charge in [-0.25, -0.2) is 9.59 Å². The second-order valence-corrected chi connectivity index (χ2v) is 8.80. The van der Waals surface area contributed by atoms with Crippen LogP contribution in [0.1, 0.15) is 39.0 Å². The molecule has 0 radical (unpaired) electrons. The van der Waals surface area contributed by atoms with Gasteiger partial charge in [0.25, 0.3) is 0 Å². The summed E-state index contributed by atoms with van der Waals surface area (Å²) in [4.78, 5) is 36.7. The molecule has 36 heavy (non-hydrogen) atoms. The van der Waals surface area contributed by atoms with Gasteiger partial charge < -0.3 is 24.1 Å². The number of aromatic nitrogens is 3. The van der Waals surface area contributed by atoms with E-state index in [1.165, 1.54) is 44.2 Å². The van der Waals surface area contributed by atoms with Crippen LogP contribution in [0, 0.1) is 6.92 Å². The number of benzene rings is 2. The monoisotopic (exact) mass is 532 g/mol. The molecule has 1 amide bonds. The molecule has 1 heterocycles. The van der Waals surface area contributed by atoms with Gasteiger partial charge in [-0.1, -0.05) is 29.4 Å². The van der Waals surface area contributed by atoms with Crippen LogP contribution in [0.5, 0.6) is 5.75 Å². The number of carbonyl (C=O) groups is 3. The van der Waals surface area contributed by atoms with Gasteiger partial charge in [-0.15, -0.1) is 10.2 Å². The normalized spacial score (nSPS) is 10.6. The Bertz CT molecular complexity index is 1280. The first-order valence-electron chi connectivity index (χ1n) is 10.8. The molecule has 0 saturated heterocycles. The fraction of sp³-hybridized carbons (Fsp3) is 0.292. The van der Waals surface area contributed by atoms with Crippen LogP contribution in [-0.4, -0.2) is 52.6 Å². The van der Waals surface area contributed by atoms with Crippen molar-refractivity contribution in [2.24, 2.45) is 0 Å². The van der Waals surface area contributed by atoms with E-state index in [9.17, 15) is 14.4 Å². The van der Waals surface area contributed by atoms with E-state index in [2.05, 4.69) is 15.5 Å². The molecule has 1 aromatic heterocycles. The van der Waals surface area contributed by atoms with Gasteiger partial charge in [0.05, 0.1) is 41.8 Å². The Hall–Kier alpha value is -3.57. The van der Waals surface area contributed by atoms with Crippen LogP contribution in [0.25, 0.3) is 0 Å². The predicted octanol–water partition coefficient (Wildman–Crippen LogP) is 4.14. The van der Waals surface area contributed by atoms with Crippen LogP contribution in [0.4, 0.5) is 5.69 Å². The highest BCUT2D eigenvalue weighted by Gasteiger charge is 2.19. The summed E-state index contributed by atoms with van der Waals surface area (Å²) < 4.78 is 17.1. The largest absolute Gasteiger partial charge is 0.484 e. The van der Waals surface area contributed by atoms with E-state index in [0.29, 0.717) is 28.3 Å². The molecule has 3 aromatic rings. The van der Waals surface area contributed by atoms with E-state index in [4.69, 9.17) is 25.8 Å². The minimum Gasteiger partial charge on any atom is -0.484 e. The molecule has 0 saturated carbocycles. The smallest absolute Gasteiger partial charge is 0.339 e. The van der Waals surface area contributed by atoms with Crippen LogP contribution < -0.4 is 10.1 Å². The van der Waals surface area contributed by atoms with E-state index < -0.39 is 17.8 Å². The van der Waals surface area contributed by atoms with Crippen molar-refractivity contribution in [1.82, 2.24) is 14.8 Å². The molecule has 0 bridgehead atoms. The highest BCUT2D eigenvalue weighted by molar-refractivity contribution is 7.99. The number of hydrogen-bond acceptors (Lipinski definition) is 9. The zero-order chi connectivity index (χ0) is 26.2. The van der Waals surface area contributed by atoms with Crippen molar-refractivity contribution in [3.8, 4) is 5.75 Å². The molecular weight excluding hydrogens is 508 g/mol. The Balaban J connectivity index is 1.69. The maximum absolute atomic E-state index is 12.7. The molecular formula is C24H25ClN4O6S. The molecule has 0 fully saturated rings. The minimum atomic E-state index is -0.654. The van der Waals surface area contributed by atoms with Gasteiger partial charge in [0.2, 0.25) is 5.91 Å². The summed E-state index contributed by atoms with van der Waals surface area (Å²) in [7, 11) is 2.47. The minimum absolute atomic E-state index is 0.0221. The first-order chi connectivity index (χ1) is 17.3. The summed E-state index contributed by atoms with van der Waals surface area (Å²) in [5, 5.41) is 12.0. The first-order valence-corrected chi connectivity index (χ1v) is 12.2. The van der Waals surface area contributed by atoms with Crippen molar-refractivity contribution in [2.45, 2.75) is 32.2 Å². The van der Waals surface area contributed by atoms with Gasteiger partial charge >= 0.3 is 11.9 Å². The van der Waals surface area contributed by atoms with E-state index in [1.807, 2.05) is 30.5 Å². The van der Waals surface area contributed by atoms with E-state index in [0.717, 1.165) is 5.56 Å². The molecule has 0 aliphatic carbocycles. The van der Waals surface area contributed by atoms with E-state index in [-0.39, 0.29) is 29.2 Å². The quantitative estimate of drug-likeness (QED) is 0.303. The lowest BCUT2D eigenvalue weighted by Gasteiger charge is -2.12. The van der Waals surface area contributed by atoms with Crippen LogP contribution in [0.15, 0.2) is 41.6 Å². The number of amides is 1. The number of halogens is 1. The van der Waals surface area contributed by atoms with E-state index >= 15 is 0 Å². The molecule has 0 spiro atoms. The third kappa shape index (κ3) is 6.55. The van der Waals surface area contributed by atoms with Crippen LogP contribution >= 0.6 is 23.4 Å². The van der Waals surface area contributed by atoms with Gasteiger partial charge in [0.15, 0.2) is 11.0 Å². The van der Waals surface area contributed by atoms with Crippen molar-refractivity contribution < 1.29 is 28.6 Å². The zero-order valence-electron chi connectivity index (χ0n) is 20.2. The second-order valence-electron chi connectivity index (χ2n) is 7.45. The number of nitrogens with zero attached hydrogens (tertiary/aromatic N) is 3. The lowest BCUT2D eigenvalue weighted by molar-refractivity contribution is -0.113. The van der Waals surface area contributed by atoms with Crippen molar-refractivity contribution in [1.29, 1.82) is 0 Å². The molecule has 0 aliphatic heterocycles. The number of ether oxygens (including phenoxy) is 3. The summed E-state index contributed by atoms with van der Waals surface area (Å²) in [6.07, 6.45) is 0. The van der Waals surface area contributed by atoms with Crippen molar-refractivity contribution in [3.63, 3.8) is 0 Å². The van der Waals surface area contributed by atoms with Crippen LogP contribution in [0.3, 0.4) is 0 Å². The van der Waals surface area contributed by atoms with Gasteiger partial charge in [-0.05, 0) is 49.7 Å². The summed E-state index contributed by atoms with van der Waals surface area (Å²) in [6.45, 7) is 4.58. The molecule has 0 unspecified atom stereocenters. The Morgan fingerprint density at radius 1 is 1.06 bits per heavy atom.